The topological polar surface area (TPSA) is 32.7 Å². The van der Waals surface area contributed by atoms with Gasteiger partial charge in [-0.1, -0.05) is 29.8 Å². The van der Waals surface area contributed by atoms with Crippen LogP contribution in [0.3, 0.4) is 0 Å². The molecule has 3 heteroatoms. The van der Waals surface area contributed by atoms with Crippen molar-refractivity contribution in [1.82, 2.24) is 4.90 Å². The zero-order valence-corrected chi connectivity index (χ0v) is 11.3. The highest BCUT2D eigenvalue weighted by Crippen LogP contribution is 2.28. The molecule has 0 saturated heterocycles. The average molecular weight is 249 g/mol. The molecule has 18 heavy (non-hydrogen) atoms. The summed E-state index contributed by atoms with van der Waals surface area (Å²) in [4.78, 5) is 2.34. The molecule has 0 aliphatic heterocycles. The first kappa shape index (κ1) is 13.5. The van der Waals surface area contributed by atoms with Crippen molar-refractivity contribution in [3.63, 3.8) is 0 Å². The first-order chi connectivity index (χ1) is 8.70. The number of methoxy groups -OCH3 is 1. The number of hydrogen-bond donors (Lipinski definition) is 1. The Hall–Kier alpha value is -0.900. The van der Waals surface area contributed by atoms with Crippen molar-refractivity contribution < 1.29 is 9.84 Å². The van der Waals surface area contributed by atoms with E-state index in [4.69, 9.17) is 4.74 Å². The summed E-state index contributed by atoms with van der Waals surface area (Å²) in [6.45, 7) is 4.41. The fourth-order valence-electron chi connectivity index (χ4n) is 2.19. The minimum atomic E-state index is -0.400. The first-order valence-electron chi connectivity index (χ1n) is 6.68. The van der Waals surface area contributed by atoms with Gasteiger partial charge in [-0.15, -0.1) is 0 Å². The van der Waals surface area contributed by atoms with E-state index in [9.17, 15) is 5.11 Å². The molecule has 0 spiro atoms. The molecule has 0 heterocycles. The maximum Gasteiger partial charge on any atom is 0.0917 e. The van der Waals surface area contributed by atoms with E-state index in [2.05, 4.69) is 24.0 Å². The monoisotopic (exact) mass is 249 g/mol. The van der Waals surface area contributed by atoms with Crippen LogP contribution in [0.15, 0.2) is 24.3 Å². The molecule has 0 radical (unpaired) electrons. The zero-order chi connectivity index (χ0) is 13.0. The van der Waals surface area contributed by atoms with Crippen molar-refractivity contribution in [3.8, 4) is 0 Å². The van der Waals surface area contributed by atoms with Gasteiger partial charge in [-0.25, -0.2) is 0 Å². The second kappa shape index (κ2) is 6.32. The highest BCUT2D eigenvalue weighted by Gasteiger charge is 2.30. The van der Waals surface area contributed by atoms with Crippen molar-refractivity contribution in [2.24, 2.45) is 0 Å². The van der Waals surface area contributed by atoms with E-state index >= 15 is 0 Å². The lowest BCUT2D eigenvalue weighted by atomic mass is 10.1. The number of aryl methyl sites for hydroxylation is 1. The van der Waals surface area contributed by atoms with Gasteiger partial charge in [0.2, 0.25) is 0 Å². The number of nitrogens with zero attached hydrogens (tertiary/aromatic N) is 1. The Labute approximate surface area is 109 Å². The van der Waals surface area contributed by atoms with Crippen LogP contribution in [-0.2, 0) is 4.74 Å². The Kier molecular flexibility index (Phi) is 4.75. The lowest BCUT2D eigenvalue weighted by Gasteiger charge is -2.24. The lowest BCUT2D eigenvalue weighted by molar-refractivity contribution is 0.0846. The number of benzene rings is 1. The molecule has 1 saturated carbocycles. The molecular formula is C15H23NO2. The highest BCUT2D eigenvalue weighted by atomic mass is 16.5. The first-order valence-corrected chi connectivity index (χ1v) is 6.68. The van der Waals surface area contributed by atoms with E-state index in [1.807, 2.05) is 12.1 Å². The van der Waals surface area contributed by atoms with Crippen LogP contribution in [0.5, 0.6) is 0 Å². The summed E-state index contributed by atoms with van der Waals surface area (Å²) in [5, 5.41) is 10.3. The molecule has 0 amide bonds. The third-order valence-corrected chi connectivity index (χ3v) is 3.52. The molecule has 1 atom stereocenters. The van der Waals surface area contributed by atoms with Crippen molar-refractivity contribution in [2.45, 2.75) is 31.9 Å². The van der Waals surface area contributed by atoms with Gasteiger partial charge in [0.05, 0.1) is 12.7 Å². The lowest BCUT2D eigenvalue weighted by Crippen LogP contribution is -2.33. The molecule has 100 valence electrons. The van der Waals surface area contributed by atoms with Gasteiger partial charge >= 0.3 is 0 Å². The van der Waals surface area contributed by atoms with E-state index in [0.717, 1.165) is 18.7 Å². The van der Waals surface area contributed by atoms with E-state index in [1.54, 1.807) is 7.11 Å². The molecule has 1 aliphatic carbocycles. The van der Waals surface area contributed by atoms with E-state index in [-0.39, 0.29) is 0 Å². The zero-order valence-electron chi connectivity index (χ0n) is 11.3. The third-order valence-electron chi connectivity index (χ3n) is 3.52. The third kappa shape index (κ3) is 3.80. The van der Waals surface area contributed by atoms with Crippen molar-refractivity contribution in [3.05, 3.63) is 35.4 Å². The SMILES string of the molecule is COCCN(CC(O)c1ccc(C)cc1)C1CC1. The number of hydrogen-bond acceptors (Lipinski definition) is 3. The van der Waals surface area contributed by atoms with Crippen LogP contribution in [0.2, 0.25) is 0 Å². The minimum absolute atomic E-state index is 0.400. The van der Waals surface area contributed by atoms with Crippen LogP contribution in [0, 0.1) is 6.92 Å². The maximum absolute atomic E-state index is 10.3. The molecule has 3 nitrogen and oxygen atoms in total. The molecule has 0 bridgehead atoms. The van der Waals surface area contributed by atoms with Gasteiger partial charge in [-0.05, 0) is 25.3 Å². The standard InChI is InChI=1S/C15H23NO2/c1-12-3-5-13(6-4-12)15(17)11-16(9-10-18-2)14-7-8-14/h3-6,14-15,17H,7-11H2,1-2H3. The molecule has 1 aromatic carbocycles. The summed E-state index contributed by atoms with van der Waals surface area (Å²) in [6, 6.07) is 8.79. The number of ether oxygens (including phenoxy) is 1. The smallest absolute Gasteiger partial charge is 0.0917 e. The molecular weight excluding hydrogens is 226 g/mol. The van der Waals surface area contributed by atoms with Crippen LogP contribution in [0.4, 0.5) is 0 Å². The number of aliphatic hydroxyl groups excluding tert-OH is 1. The average Bonchev–Trinajstić information content (AvgIpc) is 3.19. The molecule has 2 rings (SSSR count). The van der Waals surface area contributed by atoms with Crippen molar-refractivity contribution in [2.75, 3.05) is 26.8 Å². The van der Waals surface area contributed by atoms with Crippen LogP contribution in [0.25, 0.3) is 0 Å². The van der Waals surface area contributed by atoms with E-state index in [0.29, 0.717) is 12.6 Å². The van der Waals surface area contributed by atoms with Gasteiger partial charge in [0.25, 0.3) is 0 Å². The highest BCUT2D eigenvalue weighted by molar-refractivity contribution is 5.23. The second-order valence-corrected chi connectivity index (χ2v) is 5.15. The van der Waals surface area contributed by atoms with E-state index in [1.165, 1.54) is 18.4 Å². The second-order valence-electron chi connectivity index (χ2n) is 5.15. The van der Waals surface area contributed by atoms with Crippen LogP contribution in [-0.4, -0.2) is 42.9 Å². The fourth-order valence-corrected chi connectivity index (χ4v) is 2.19. The quantitative estimate of drug-likeness (QED) is 0.803. The van der Waals surface area contributed by atoms with Crippen molar-refractivity contribution in [1.29, 1.82) is 0 Å². The predicted molar refractivity (Wildman–Crippen MR) is 72.6 cm³/mol. The normalized spacial score (nSPS) is 17.1. The summed E-state index contributed by atoms with van der Waals surface area (Å²) in [5.41, 5.74) is 2.23. The van der Waals surface area contributed by atoms with Crippen LogP contribution in [0.1, 0.15) is 30.1 Å². The van der Waals surface area contributed by atoms with E-state index < -0.39 is 6.10 Å². The van der Waals surface area contributed by atoms with Gasteiger partial charge in [0.15, 0.2) is 0 Å². The van der Waals surface area contributed by atoms with Crippen molar-refractivity contribution >= 4 is 0 Å². The van der Waals surface area contributed by atoms with Gasteiger partial charge in [-0.2, -0.15) is 0 Å². The Bertz CT molecular complexity index is 359. The van der Waals surface area contributed by atoms with Gasteiger partial charge in [0.1, 0.15) is 0 Å². The molecule has 1 N–H and O–H groups in total. The van der Waals surface area contributed by atoms with Gasteiger partial charge < -0.3 is 9.84 Å². The molecule has 0 aromatic heterocycles. The number of rotatable bonds is 7. The largest absolute Gasteiger partial charge is 0.387 e. The molecule has 1 aromatic rings. The number of aliphatic hydroxyl groups is 1. The Morgan fingerprint density at radius 1 is 1.33 bits per heavy atom. The summed E-state index contributed by atoms with van der Waals surface area (Å²) in [6.07, 6.45) is 2.11. The van der Waals surface area contributed by atoms with Gasteiger partial charge in [-0.3, -0.25) is 4.90 Å². The van der Waals surface area contributed by atoms with Crippen LogP contribution < -0.4 is 0 Å². The molecule has 1 aliphatic rings. The van der Waals surface area contributed by atoms with Gasteiger partial charge in [0, 0.05) is 26.2 Å². The maximum atomic E-state index is 10.3. The Morgan fingerprint density at radius 3 is 2.56 bits per heavy atom. The predicted octanol–water partition coefficient (Wildman–Crippen LogP) is 2.14. The Morgan fingerprint density at radius 2 is 2.00 bits per heavy atom. The summed E-state index contributed by atoms with van der Waals surface area (Å²) in [5.74, 6) is 0. The summed E-state index contributed by atoms with van der Waals surface area (Å²) in [7, 11) is 1.72. The summed E-state index contributed by atoms with van der Waals surface area (Å²) < 4.78 is 5.13. The minimum Gasteiger partial charge on any atom is -0.387 e. The molecule has 1 fully saturated rings. The Balaban J connectivity index is 1.91. The van der Waals surface area contributed by atoms with Crippen LogP contribution >= 0.6 is 0 Å². The molecule has 1 unspecified atom stereocenters. The fraction of sp³-hybridized carbons (Fsp3) is 0.600. The summed E-state index contributed by atoms with van der Waals surface area (Å²) >= 11 is 0.